The van der Waals surface area contributed by atoms with Crippen LogP contribution in [0.4, 0.5) is 4.79 Å². The lowest BCUT2D eigenvalue weighted by Crippen LogP contribution is -2.55. The molecule has 108 valence electrons. The largest absolute Gasteiger partial charge is 0.409 e. The molecule has 2 rings (SSSR count). The fourth-order valence-corrected chi connectivity index (χ4v) is 2.31. The molecule has 2 heterocycles. The maximum atomic E-state index is 12.2. The summed E-state index contributed by atoms with van der Waals surface area (Å²) in [5, 5.41) is 11.5. The fourth-order valence-electron chi connectivity index (χ4n) is 2.31. The second-order valence-electron chi connectivity index (χ2n) is 4.74. The van der Waals surface area contributed by atoms with Crippen LogP contribution in [0.1, 0.15) is 0 Å². The van der Waals surface area contributed by atoms with Gasteiger partial charge in [0, 0.05) is 39.3 Å². The Kier molecular flexibility index (Phi) is 4.80. The van der Waals surface area contributed by atoms with E-state index in [1.165, 1.54) is 0 Å². The van der Waals surface area contributed by atoms with Crippen molar-refractivity contribution in [1.29, 1.82) is 0 Å². The van der Waals surface area contributed by atoms with Crippen molar-refractivity contribution < 1.29 is 14.7 Å². The number of amidine groups is 1. The van der Waals surface area contributed by atoms with Crippen LogP contribution in [0.5, 0.6) is 0 Å². The molecule has 0 saturated carbocycles. The second-order valence-corrected chi connectivity index (χ2v) is 4.74. The van der Waals surface area contributed by atoms with Gasteiger partial charge in [-0.05, 0) is 0 Å². The molecule has 0 atom stereocenters. The van der Waals surface area contributed by atoms with E-state index >= 15 is 0 Å². The molecule has 0 aromatic rings. The first-order valence-electron chi connectivity index (χ1n) is 6.51. The van der Waals surface area contributed by atoms with Crippen molar-refractivity contribution in [3.63, 3.8) is 0 Å². The van der Waals surface area contributed by atoms with E-state index < -0.39 is 0 Å². The highest BCUT2D eigenvalue weighted by molar-refractivity contribution is 5.81. The summed E-state index contributed by atoms with van der Waals surface area (Å²) in [6.07, 6.45) is 0. The van der Waals surface area contributed by atoms with Crippen LogP contribution in [0.25, 0.3) is 0 Å². The standard InChI is InChI=1S/C11H21N5O3/c12-10(13-18)9-14-1-3-15(4-2-14)11(17)16-5-7-19-8-6-16/h18H,1-9H2,(H2,12,13). The Balaban J connectivity index is 1.77. The Labute approximate surface area is 112 Å². The summed E-state index contributed by atoms with van der Waals surface area (Å²) in [6.45, 7) is 5.86. The quantitative estimate of drug-likeness (QED) is 0.285. The Bertz CT molecular complexity index is 335. The molecule has 2 aliphatic rings. The van der Waals surface area contributed by atoms with E-state index in [-0.39, 0.29) is 11.9 Å². The second kappa shape index (κ2) is 6.58. The number of morpholine rings is 1. The predicted molar refractivity (Wildman–Crippen MR) is 69.2 cm³/mol. The van der Waals surface area contributed by atoms with Gasteiger partial charge in [0.2, 0.25) is 0 Å². The summed E-state index contributed by atoms with van der Waals surface area (Å²) >= 11 is 0. The Morgan fingerprint density at radius 1 is 1.11 bits per heavy atom. The van der Waals surface area contributed by atoms with E-state index in [2.05, 4.69) is 10.1 Å². The summed E-state index contributed by atoms with van der Waals surface area (Å²) in [4.78, 5) is 18.0. The average Bonchev–Trinajstić information content (AvgIpc) is 2.48. The third kappa shape index (κ3) is 3.71. The molecule has 0 radical (unpaired) electrons. The van der Waals surface area contributed by atoms with Crippen molar-refractivity contribution in [2.75, 3.05) is 59.0 Å². The molecule has 0 aromatic carbocycles. The summed E-state index contributed by atoms with van der Waals surface area (Å²) in [7, 11) is 0. The normalized spacial score (nSPS) is 22.6. The highest BCUT2D eigenvalue weighted by atomic mass is 16.5. The number of ether oxygens (including phenoxy) is 1. The van der Waals surface area contributed by atoms with Crippen LogP contribution in [-0.2, 0) is 4.74 Å². The summed E-state index contributed by atoms with van der Waals surface area (Å²) in [5.74, 6) is 0.202. The number of amides is 2. The summed E-state index contributed by atoms with van der Waals surface area (Å²) in [5.41, 5.74) is 5.47. The number of carbonyl (C=O) groups is 1. The molecule has 2 aliphatic heterocycles. The minimum Gasteiger partial charge on any atom is -0.409 e. The molecule has 2 fully saturated rings. The van der Waals surface area contributed by atoms with Crippen molar-refractivity contribution in [1.82, 2.24) is 14.7 Å². The Hall–Kier alpha value is -1.54. The van der Waals surface area contributed by atoms with Gasteiger partial charge in [-0.15, -0.1) is 0 Å². The molecule has 0 spiro atoms. The van der Waals surface area contributed by atoms with E-state index in [4.69, 9.17) is 15.7 Å². The monoisotopic (exact) mass is 271 g/mol. The maximum Gasteiger partial charge on any atom is 0.320 e. The topological polar surface area (TPSA) is 94.6 Å². The summed E-state index contributed by atoms with van der Waals surface area (Å²) < 4.78 is 5.24. The van der Waals surface area contributed by atoms with Crippen LogP contribution in [0.3, 0.4) is 0 Å². The van der Waals surface area contributed by atoms with Gasteiger partial charge in [-0.3, -0.25) is 4.90 Å². The molecule has 0 unspecified atom stereocenters. The van der Waals surface area contributed by atoms with Gasteiger partial charge in [-0.1, -0.05) is 5.16 Å². The highest BCUT2D eigenvalue weighted by Crippen LogP contribution is 2.07. The first-order chi connectivity index (χ1) is 9.20. The third-order valence-electron chi connectivity index (χ3n) is 3.44. The van der Waals surface area contributed by atoms with Gasteiger partial charge in [-0.2, -0.15) is 0 Å². The van der Waals surface area contributed by atoms with E-state index in [0.29, 0.717) is 45.9 Å². The lowest BCUT2D eigenvalue weighted by molar-refractivity contribution is 0.0384. The van der Waals surface area contributed by atoms with Crippen molar-refractivity contribution in [3.8, 4) is 0 Å². The lowest BCUT2D eigenvalue weighted by atomic mass is 10.3. The minimum absolute atomic E-state index is 0.0896. The van der Waals surface area contributed by atoms with Crippen LogP contribution in [0.2, 0.25) is 0 Å². The molecule has 19 heavy (non-hydrogen) atoms. The Morgan fingerprint density at radius 2 is 1.68 bits per heavy atom. The number of piperazine rings is 1. The van der Waals surface area contributed by atoms with Gasteiger partial charge in [0.15, 0.2) is 5.84 Å². The molecule has 3 N–H and O–H groups in total. The molecule has 2 amide bonds. The number of hydrogen-bond donors (Lipinski definition) is 2. The zero-order valence-corrected chi connectivity index (χ0v) is 11.0. The zero-order valence-electron chi connectivity index (χ0n) is 11.0. The lowest BCUT2D eigenvalue weighted by Gasteiger charge is -2.38. The van der Waals surface area contributed by atoms with E-state index in [1.54, 1.807) is 0 Å². The first-order valence-corrected chi connectivity index (χ1v) is 6.51. The number of nitrogens with two attached hydrogens (primary N) is 1. The van der Waals surface area contributed by atoms with Crippen molar-refractivity contribution in [3.05, 3.63) is 0 Å². The number of nitrogens with zero attached hydrogens (tertiary/aromatic N) is 4. The van der Waals surface area contributed by atoms with E-state index in [0.717, 1.165) is 13.1 Å². The van der Waals surface area contributed by atoms with Crippen LogP contribution >= 0.6 is 0 Å². The first kappa shape index (κ1) is 13.9. The average molecular weight is 271 g/mol. The van der Waals surface area contributed by atoms with E-state index in [1.807, 2.05) is 9.80 Å². The number of rotatable bonds is 2. The van der Waals surface area contributed by atoms with Gasteiger partial charge in [0.25, 0.3) is 0 Å². The van der Waals surface area contributed by atoms with Gasteiger partial charge in [0.05, 0.1) is 19.8 Å². The van der Waals surface area contributed by atoms with Crippen LogP contribution in [-0.4, -0.2) is 90.8 Å². The van der Waals surface area contributed by atoms with Gasteiger partial charge in [0.1, 0.15) is 0 Å². The molecule has 0 aliphatic carbocycles. The molecule has 2 saturated heterocycles. The number of oxime groups is 1. The van der Waals surface area contributed by atoms with Crippen molar-refractivity contribution in [2.45, 2.75) is 0 Å². The molecule has 8 heteroatoms. The third-order valence-corrected chi connectivity index (χ3v) is 3.44. The SMILES string of the molecule is NC(CN1CCN(C(=O)N2CCOCC2)CC1)=NO. The number of urea groups is 1. The van der Waals surface area contributed by atoms with Gasteiger partial charge in [-0.25, -0.2) is 4.79 Å². The predicted octanol–water partition coefficient (Wildman–Crippen LogP) is -1.20. The molecular weight excluding hydrogens is 250 g/mol. The van der Waals surface area contributed by atoms with Crippen molar-refractivity contribution in [2.24, 2.45) is 10.9 Å². The number of carbonyl (C=O) groups excluding carboxylic acids is 1. The van der Waals surface area contributed by atoms with Crippen LogP contribution < -0.4 is 5.73 Å². The van der Waals surface area contributed by atoms with Crippen LogP contribution in [0.15, 0.2) is 5.16 Å². The maximum absolute atomic E-state index is 12.2. The number of hydrogen-bond acceptors (Lipinski definition) is 5. The summed E-state index contributed by atoms with van der Waals surface area (Å²) in [6, 6.07) is 0.0896. The van der Waals surface area contributed by atoms with Crippen molar-refractivity contribution >= 4 is 11.9 Å². The molecule has 0 bridgehead atoms. The highest BCUT2D eigenvalue weighted by Gasteiger charge is 2.26. The van der Waals surface area contributed by atoms with Crippen LogP contribution in [0, 0.1) is 0 Å². The van der Waals surface area contributed by atoms with Gasteiger partial charge >= 0.3 is 6.03 Å². The van der Waals surface area contributed by atoms with Gasteiger partial charge < -0.3 is 25.5 Å². The van der Waals surface area contributed by atoms with E-state index in [9.17, 15) is 4.79 Å². The zero-order chi connectivity index (χ0) is 13.7. The molecular formula is C11H21N5O3. The minimum atomic E-state index is 0.0896. The fraction of sp³-hybridized carbons (Fsp3) is 0.818. The Morgan fingerprint density at radius 3 is 2.26 bits per heavy atom. The molecule has 0 aromatic heterocycles. The molecule has 8 nitrogen and oxygen atoms in total. The smallest absolute Gasteiger partial charge is 0.320 e.